The first kappa shape index (κ1) is 15.2. The summed E-state index contributed by atoms with van der Waals surface area (Å²) in [6, 6.07) is 7.32. The summed E-state index contributed by atoms with van der Waals surface area (Å²) in [4.78, 5) is 34.1. The minimum atomic E-state index is -0.519. The molecule has 2 aromatic rings. The van der Waals surface area contributed by atoms with Gasteiger partial charge in [-0.15, -0.1) is 0 Å². The number of H-pyrrole nitrogens is 1. The van der Waals surface area contributed by atoms with Crippen LogP contribution in [0.5, 0.6) is 5.75 Å². The molecule has 0 saturated heterocycles. The number of ether oxygens (including phenoxy) is 1. The molecule has 2 rings (SSSR count). The Bertz CT molecular complexity index is 749. The van der Waals surface area contributed by atoms with E-state index in [0.29, 0.717) is 17.1 Å². The highest BCUT2D eigenvalue weighted by Gasteiger charge is 2.12. The Morgan fingerprint density at radius 3 is 2.55 bits per heavy atom. The van der Waals surface area contributed by atoms with Crippen LogP contribution in [0.1, 0.15) is 17.4 Å². The molecule has 3 N–H and O–H groups in total. The summed E-state index contributed by atoms with van der Waals surface area (Å²) in [5.74, 6) is -0.328. The Kier molecular flexibility index (Phi) is 4.52. The van der Waals surface area contributed by atoms with Crippen LogP contribution >= 0.6 is 0 Å². The maximum atomic E-state index is 12.1. The first-order chi connectivity index (χ1) is 10.5. The highest BCUT2D eigenvalue weighted by atomic mass is 16.5. The van der Waals surface area contributed by atoms with Crippen LogP contribution in [0.25, 0.3) is 0 Å². The molecule has 0 spiro atoms. The second kappa shape index (κ2) is 6.53. The van der Waals surface area contributed by atoms with E-state index in [1.807, 2.05) is 0 Å². The Hall–Kier alpha value is -3.16. The number of carbonyl (C=O) groups excluding carboxylic acids is 2. The number of nitrogens with zero attached hydrogens (tertiary/aromatic N) is 1. The lowest BCUT2D eigenvalue weighted by molar-refractivity contribution is -0.114. The van der Waals surface area contributed by atoms with E-state index in [0.717, 1.165) is 0 Å². The molecule has 0 saturated carbocycles. The van der Waals surface area contributed by atoms with Gasteiger partial charge in [0.1, 0.15) is 11.4 Å². The van der Waals surface area contributed by atoms with Crippen molar-refractivity contribution in [2.45, 2.75) is 6.92 Å². The quantitative estimate of drug-likeness (QED) is 0.779. The van der Waals surface area contributed by atoms with Gasteiger partial charge in [-0.05, 0) is 24.3 Å². The maximum Gasteiger partial charge on any atom is 0.276 e. The van der Waals surface area contributed by atoms with Gasteiger partial charge in [-0.2, -0.15) is 5.10 Å². The Labute approximate surface area is 125 Å². The van der Waals surface area contributed by atoms with Crippen molar-refractivity contribution in [1.29, 1.82) is 0 Å². The predicted molar refractivity (Wildman–Crippen MR) is 80.1 cm³/mol. The SMILES string of the molecule is COc1ccc(NC(C)=O)cc1NC(=O)c1ccc(=O)[nH]n1. The molecule has 0 bridgehead atoms. The lowest BCUT2D eigenvalue weighted by Gasteiger charge is -2.12. The third-order valence-corrected chi connectivity index (χ3v) is 2.68. The van der Waals surface area contributed by atoms with Gasteiger partial charge >= 0.3 is 0 Å². The highest BCUT2D eigenvalue weighted by Crippen LogP contribution is 2.28. The lowest BCUT2D eigenvalue weighted by atomic mass is 10.2. The molecular weight excluding hydrogens is 288 g/mol. The van der Waals surface area contributed by atoms with E-state index in [-0.39, 0.29) is 11.6 Å². The number of aromatic nitrogens is 2. The number of carbonyl (C=O) groups is 2. The normalized spacial score (nSPS) is 9.91. The molecule has 2 amide bonds. The van der Waals surface area contributed by atoms with E-state index in [1.54, 1.807) is 18.2 Å². The summed E-state index contributed by atoms with van der Waals surface area (Å²) >= 11 is 0. The van der Waals surface area contributed by atoms with Crippen LogP contribution < -0.4 is 20.9 Å². The second-order valence-electron chi connectivity index (χ2n) is 4.36. The number of methoxy groups -OCH3 is 1. The molecule has 0 radical (unpaired) electrons. The van der Waals surface area contributed by atoms with Gasteiger partial charge in [0.05, 0.1) is 12.8 Å². The first-order valence-corrected chi connectivity index (χ1v) is 6.32. The zero-order chi connectivity index (χ0) is 16.1. The summed E-state index contributed by atoms with van der Waals surface area (Å²) in [5, 5.41) is 11.0. The van der Waals surface area contributed by atoms with Gasteiger partial charge in [0.25, 0.3) is 11.5 Å². The van der Waals surface area contributed by atoms with E-state index in [2.05, 4.69) is 20.8 Å². The third kappa shape index (κ3) is 3.69. The van der Waals surface area contributed by atoms with E-state index in [9.17, 15) is 14.4 Å². The Morgan fingerprint density at radius 1 is 1.18 bits per heavy atom. The fraction of sp³-hybridized carbons (Fsp3) is 0.143. The topological polar surface area (TPSA) is 113 Å². The summed E-state index contributed by atoms with van der Waals surface area (Å²) in [6.07, 6.45) is 0. The van der Waals surface area contributed by atoms with Gasteiger partial charge in [-0.1, -0.05) is 0 Å². The number of hydrogen-bond acceptors (Lipinski definition) is 5. The van der Waals surface area contributed by atoms with Crippen molar-refractivity contribution in [3.63, 3.8) is 0 Å². The van der Waals surface area contributed by atoms with Gasteiger partial charge in [0.15, 0.2) is 0 Å². The number of benzene rings is 1. The minimum absolute atomic E-state index is 0.0478. The van der Waals surface area contributed by atoms with Crippen LogP contribution in [-0.4, -0.2) is 29.1 Å². The Balaban J connectivity index is 2.26. The van der Waals surface area contributed by atoms with Crippen LogP contribution in [0, 0.1) is 0 Å². The van der Waals surface area contributed by atoms with Crippen molar-refractivity contribution in [3.8, 4) is 5.75 Å². The van der Waals surface area contributed by atoms with Gasteiger partial charge in [0, 0.05) is 18.7 Å². The number of anilines is 2. The van der Waals surface area contributed by atoms with E-state index in [1.165, 1.54) is 26.2 Å². The van der Waals surface area contributed by atoms with Crippen molar-refractivity contribution in [1.82, 2.24) is 10.2 Å². The fourth-order valence-corrected chi connectivity index (χ4v) is 1.74. The van der Waals surface area contributed by atoms with Crippen molar-refractivity contribution >= 4 is 23.2 Å². The van der Waals surface area contributed by atoms with Crippen molar-refractivity contribution in [2.75, 3.05) is 17.7 Å². The zero-order valence-electron chi connectivity index (χ0n) is 12.0. The molecule has 0 atom stereocenters. The van der Waals surface area contributed by atoms with Crippen LogP contribution in [-0.2, 0) is 4.79 Å². The average molecular weight is 302 g/mol. The van der Waals surface area contributed by atoms with Crippen LogP contribution in [0.15, 0.2) is 35.1 Å². The van der Waals surface area contributed by atoms with Gasteiger partial charge in [0.2, 0.25) is 5.91 Å². The van der Waals surface area contributed by atoms with Gasteiger partial charge < -0.3 is 15.4 Å². The molecule has 0 aliphatic heterocycles. The molecule has 8 nitrogen and oxygen atoms in total. The minimum Gasteiger partial charge on any atom is -0.495 e. The smallest absolute Gasteiger partial charge is 0.276 e. The number of aromatic amines is 1. The van der Waals surface area contributed by atoms with Crippen LogP contribution in [0.3, 0.4) is 0 Å². The third-order valence-electron chi connectivity index (χ3n) is 2.68. The highest BCUT2D eigenvalue weighted by molar-refractivity contribution is 6.04. The molecular formula is C14H14N4O4. The number of hydrogen-bond donors (Lipinski definition) is 3. The fourth-order valence-electron chi connectivity index (χ4n) is 1.74. The molecule has 0 fully saturated rings. The number of rotatable bonds is 4. The van der Waals surface area contributed by atoms with Crippen LogP contribution in [0.2, 0.25) is 0 Å². The summed E-state index contributed by atoms with van der Waals surface area (Å²) < 4.78 is 5.16. The first-order valence-electron chi connectivity index (χ1n) is 6.32. The predicted octanol–water partition coefficient (Wildman–Crippen LogP) is 0.989. The van der Waals surface area contributed by atoms with E-state index >= 15 is 0 Å². The summed E-state index contributed by atoms with van der Waals surface area (Å²) in [7, 11) is 1.46. The molecule has 1 aromatic carbocycles. The number of amides is 2. The summed E-state index contributed by atoms with van der Waals surface area (Å²) in [5.41, 5.74) is 0.526. The standard InChI is InChI=1S/C14H14N4O4/c1-8(19)15-9-3-5-12(22-2)11(7-9)16-14(21)10-4-6-13(20)18-17-10/h3-7H,1-2H3,(H,15,19)(H,16,21)(H,18,20). The van der Waals surface area contributed by atoms with Crippen molar-refractivity contribution < 1.29 is 14.3 Å². The zero-order valence-corrected chi connectivity index (χ0v) is 12.0. The monoisotopic (exact) mass is 302 g/mol. The molecule has 1 aromatic heterocycles. The molecule has 1 heterocycles. The number of nitrogens with one attached hydrogen (secondary N) is 3. The second-order valence-corrected chi connectivity index (χ2v) is 4.36. The summed E-state index contributed by atoms with van der Waals surface area (Å²) in [6.45, 7) is 1.38. The molecule has 8 heteroatoms. The van der Waals surface area contributed by atoms with Crippen molar-refractivity contribution in [3.05, 3.63) is 46.4 Å². The van der Waals surface area contributed by atoms with E-state index < -0.39 is 11.5 Å². The molecule has 0 aliphatic rings. The molecule has 22 heavy (non-hydrogen) atoms. The largest absolute Gasteiger partial charge is 0.495 e. The Morgan fingerprint density at radius 2 is 1.95 bits per heavy atom. The van der Waals surface area contributed by atoms with Gasteiger partial charge in [-0.25, -0.2) is 5.10 Å². The average Bonchev–Trinajstić information content (AvgIpc) is 2.47. The van der Waals surface area contributed by atoms with Crippen molar-refractivity contribution in [2.24, 2.45) is 0 Å². The lowest BCUT2D eigenvalue weighted by Crippen LogP contribution is -2.18. The maximum absolute atomic E-state index is 12.1. The molecule has 0 unspecified atom stereocenters. The van der Waals surface area contributed by atoms with E-state index in [4.69, 9.17) is 4.74 Å². The van der Waals surface area contributed by atoms with Gasteiger partial charge in [-0.3, -0.25) is 14.4 Å². The molecule has 114 valence electrons. The van der Waals surface area contributed by atoms with Crippen LogP contribution in [0.4, 0.5) is 11.4 Å². The molecule has 0 aliphatic carbocycles.